The summed E-state index contributed by atoms with van der Waals surface area (Å²) in [7, 11) is 9.48. The molecular formula is C49H65BCl2N12NaO3. The van der Waals surface area contributed by atoms with Crippen LogP contribution < -0.4 is 39.4 Å². The van der Waals surface area contributed by atoms with Crippen LogP contribution in [0.2, 0.25) is 10.0 Å². The minimum Gasteiger partial charge on any atom is -1.00 e. The summed E-state index contributed by atoms with van der Waals surface area (Å²) in [5.74, 6) is 1.95. The number of nitrogens with zero attached hydrogens (tertiary/aromatic N) is 10. The third kappa shape index (κ3) is 11.3. The van der Waals surface area contributed by atoms with Gasteiger partial charge in [0.2, 0.25) is 0 Å². The van der Waals surface area contributed by atoms with Crippen LogP contribution in [0.5, 0.6) is 0 Å². The number of aromatic amines is 2. The van der Waals surface area contributed by atoms with Crippen molar-refractivity contribution >= 4 is 70.8 Å². The molecular weight excluding hydrogens is 909 g/mol. The largest absolute Gasteiger partial charge is 1.00 e. The van der Waals surface area contributed by atoms with Gasteiger partial charge in [-0.25, -0.2) is 9.97 Å². The van der Waals surface area contributed by atoms with Gasteiger partial charge in [0.25, 0.3) is 0 Å². The van der Waals surface area contributed by atoms with E-state index in [0.29, 0.717) is 35.7 Å². The molecule has 0 spiro atoms. The van der Waals surface area contributed by atoms with Crippen molar-refractivity contribution in [3.8, 4) is 0 Å². The second kappa shape index (κ2) is 23.5. The normalized spacial score (nSPS) is 23.0. The van der Waals surface area contributed by atoms with Gasteiger partial charge in [-0.2, -0.15) is 0 Å². The van der Waals surface area contributed by atoms with E-state index in [4.69, 9.17) is 38.3 Å². The van der Waals surface area contributed by atoms with Crippen LogP contribution in [-0.4, -0.2) is 168 Å². The molecule has 19 heteroatoms. The van der Waals surface area contributed by atoms with Gasteiger partial charge < -0.3 is 41.2 Å². The van der Waals surface area contributed by atoms with E-state index in [0.717, 1.165) is 121 Å². The number of likely N-dealkylation sites (N-methyl/N-ethyl adjacent to an activating group) is 2. The average molecular weight is 975 g/mol. The zero-order chi connectivity index (χ0) is 46.8. The fourth-order valence-electron chi connectivity index (χ4n) is 10.1. The molecule has 4 aliphatic heterocycles. The van der Waals surface area contributed by atoms with E-state index in [1.165, 1.54) is 5.69 Å². The third-order valence-corrected chi connectivity index (χ3v) is 14.9. The third-order valence-electron chi connectivity index (χ3n) is 14.1. The summed E-state index contributed by atoms with van der Waals surface area (Å²) in [5.41, 5.74) is 10.1. The first kappa shape index (κ1) is 53.7. The van der Waals surface area contributed by atoms with Crippen molar-refractivity contribution in [3.05, 3.63) is 105 Å². The molecule has 0 aliphatic carbocycles. The molecule has 4 aromatic heterocycles. The molecule has 5 atom stereocenters. The number of ketones is 1. The molecule has 2 aromatic carbocycles. The van der Waals surface area contributed by atoms with Crippen molar-refractivity contribution in [1.29, 1.82) is 0 Å². The smallest absolute Gasteiger partial charge is 1.00 e. The predicted octanol–water partition coefficient (Wildman–Crippen LogP) is 3.63. The first-order valence-corrected chi connectivity index (χ1v) is 23.7. The number of hydrogen-bond acceptors (Lipinski definition) is 13. The summed E-state index contributed by atoms with van der Waals surface area (Å²) >= 11 is 12.7. The number of para-hydroxylation sites is 2. The summed E-state index contributed by atoms with van der Waals surface area (Å²) in [6, 6.07) is 16.0. The van der Waals surface area contributed by atoms with Gasteiger partial charge in [0.1, 0.15) is 28.5 Å². The van der Waals surface area contributed by atoms with Crippen molar-refractivity contribution in [1.82, 2.24) is 49.5 Å². The number of H-pyrrole nitrogens is 2. The van der Waals surface area contributed by atoms with Gasteiger partial charge in [0.15, 0.2) is 0 Å². The molecule has 68 heavy (non-hydrogen) atoms. The van der Waals surface area contributed by atoms with Gasteiger partial charge in [-0.05, 0) is 102 Å². The Morgan fingerprint density at radius 2 is 1.03 bits per heavy atom. The van der Waals surface area contributed by atoms with Crippen LogP contribution in [0.25, 0.3) is 22.1 Å². The Hall–Kier alpha value is -3.65. The second-order valence-corrected chi connectivity index (χ2v) is 19.1. The number of benzene rings is 2. The minimum absolute atomic E-state index is 0. The molecule has 0 bridgehead atoms. The van der Waals surface area contributed by atoms with Crippen LogP contribution in [0.1, 0.15) is 85.4 Å². The Bertz CT molecular complexity index is 2650. The molecule has 10 rings (SSSR count). The number of anilines is 2. The Morgan fingerprint density at radius 1 is 0.618 bits per heavy atom. The van der Waals surface area contributed by atoms with E-state index in [2.05, 4.69) is 114 Å². The summed E-state index contributed by atoms with van der Waals surface area (Å²) in [6.07, 6.45) is 5.19. The van der Waals surface area contributed by atoms with Crippen LogP contribution in [0.4, 0.5) is 11.4 Å². The van der Waals surface area contributed by atoms with Gasteiger partial charge in [0.05, 0.1) is 64.1 Å². The molecule has 0 amide bonds. The van der Waals surface area contributed by atoms with Crippen molar-refractivity contribution in [2.24, 2.45) is 0 Å². The summed E-state index contributed by atoms with van der Waals surface area (Å²) in [5, 5.41) is 19.2. The van der Waals surface area contributed by atoms with Crippen molar-refractivity contribution in [2.45, 2.75) is 69.8 Å². The first-order chi connectivity index (χ1) is 31.8. The number of carbonyl (C=O) groups is 1. The standard InChI is InChI=1S/C24H31ClN6O.C24H29ClN6O.CH4O.B.Na.H/c2*1-15-17(25)7-8-26-22(15)20-13-16(32)14-21(30(20)3)24-27-18-5-4-6-19(23(18)28-24)31-11-9-29(2)10-12-31;1-2;;;/h4-8,16,20-21,32H,9-14H2,1-3H3,(H,27,28);4-8,20-21H,9-14H2,1-3H3,(H,27,28);2H,1H3;;;/q;;;;+1;-1/t16?,20-,21+;20-,21+;;;;/m00..../s1. The maximum atomic E-state index is 12.8. The zero-order valence-corrected chi connectivity index (χ0v) is 44.3. The number of aliphatic hydroxyl groups is 2. The number of fused-ring (bicyclic) bond motifs is 2. The number of rotatable bonds is 6. The first-order valence-electron chi connectivity index (χ1n) is 23.0. The topological polar surface area (TPSA) is 160 Å². The quantitative estimate of drug-likeness (QED) is 0.180. The van der Waals surface area contributed by atoms with Crippen LogP contribution in [0, 0.1) is 13.8 Å². The van der Waals surface area contributed by atoms with E-state index >= 15 is 0 Å². The van der Waals surface area contributed by atoms with E-state index in [1.807, 2.05) is 19.9 Å². The molecule has 4 N–H and O–H groups in total. The second-order valence-electron chi connectivity index (χ2n) is 18.2. The Balaban J connectivity index is 0.000000239. The fraction of sp³-hybridized carbons (Fsp3) is 0.490. The number of carbonyl (C=O) groups excluding carboxylic acids is 1. The summed E-state index contributed by atoms with van der Waals surface area (Å²) in [4.78, 5) is 53.2. The number of Topliss-reactive ketones (excluding diaryl/α,β-unsaturated/α-hetero) is 1. The molecule has 4 aliphatic rings. The van der Waals surface area contributed by atoms with Gasteiger partial charge >= 0.3 is 29.6 Å². The van der Waals surface area contributed by atoms with Gasteiger partial charge in [-0.1, -0.05) is 35.3 Å². The molecule has 6 aromatic rings. The van der Waals surface area contributed by atoms with Crippen molar-refractivity contribution in [3.63, 3.8) is 0 Å². The van der Waals surface area contributed by atoms with E-state index in [9.17, 15) is 9.90 Å². The maximum absolute atomic E-state index is 12.8. The number of aliphatic hydroxyl groups excluding tert-OH is 2. The number of piperidine rings is 2. The number of aromatic nitrogens is 6. The predicted molar refractivity (Wildman–Crippen MR) is 271 cm³/mol. The molecule has 15 nitrogen and oxygen atoms in total. The number of piperazine rings is 2. The van der Waals surface area contributed by atoms with Gasteiger partial charge in [-0.3, -0.25) is 24.6 Å². The molecule has 4 fully saturated rings. The number of pyridine rings is 2. The fourth-order valence-corrected chi connectivity index (χ4v) is 10.4. The van der Waals surface area contributed by atoms with E-state index in [1.54, 1.807) is 18.5 Å². The van der Waals surface area contributed by atoms with E-state index in [-0.39, 0.29) is 69.3 Å². The molecule has 0 saturated carbocycles. The number of nitrogens with one attached hydrogen (secondary N) is 2. The van der Waals surface area contributed by atoms with Crippen molar-refractivity contribution < 1.29 is 46.0 Å². The van der Waals surface area contributed by atoms with Crippen LogP contribution in [0.15, 0.2) is 60.9 Å². The molecule has 8 heterocycles. The van der Waals surface area contributed by atoms with Gasteiger partial charge in [-0.15, -0.1) is 0 Å². The zero-order valence-electron chi connectivity index (χ0n) is 41.8. The molecule has 1 unspecified atom stereocenters. The van der Waals surface area contributed by atoms with Crippen molar-refractivity contribution in [2.75, 3.05) is 97.5 Å². The van der Waals surface area contributed by atoms with Crippen LogP contribution >= 0.6 is 23.2 Å². The molecule has 3 radical (unpaired) electrons. The SMILES string of the molecule is CO.Cc1c(Cl)ccnc1[C@@H]1CC(=O)C[C@H](c2nc3c(N4CCN(C)CC4)cccc3[nH]2)N1C.Cc1c(Cl)ccnc1[C@@H]1CC(O)C[C@H](c2nc3c(N4CCN(C)CC4)cccc3[nH]2)N1C.[B].[H-].[Na+]. The number of hydrogen-bond donors (Lipinski definition) is 4. The molecule has 357 valence electrons. The molecule has 4 saturated heterocycles. The monoisotopic (exact) mass is 973 g/mol. The minimum atomic E-state index is -0.424. The number of imidazole rings is 2. The Labute approximate surface area is 436 Å². The Kier molecular flexibility index (Phi) is 18.6. The Morgan fingerprint density at radius 3 is 1.51 bits per heavy atom. The summed E-state index contributed by atoms with van der Waals surface area (Å²) in [6.45, 7) is 12.1. The maximum Gasteiger partial charge on any atom is 1.00 e. The summed E-state index contributed by atoms with van der Waals surface area (Å²) < 4.78 is 0. The van der Waals surface area contributed by atoms with E-state index < -0.39 is 6.10 Å². The van der Waals surface area contributed by atoms with Crippen LogP contribution in [-0.2, 0) is 4.79 Å². The van der Waals surface area contributed by atoms with Crippen LogP contribution in [0.3, 0.4) is 0 Å². The average Bonchev–Trinajstić information content (AvgIpc) is 3.97. The number of likely N-dealkylation sites (tertiary alicyclic amines) is 2. The van der Waals surface area contributed by atoms with Gasteiger partial charge in [0, 0.05) is 103 Å². The number of halogens is 2.